The van der Waals surface area contributed by atoms with Gasteiger partial charge < -0.3 is 14.2 Å². The number of carbonyl (C=O) groups excluding carboxylic acids is 1. The number of hydrogen-bond acceptors (Lipinski definition) is 3. The summed E-state index contributed by atoms with van der Waals surface area (Å²) >= 11 is 0. The van der Waals surface area contributed by atoms with Crippen LogP contribution in [0.1, 0.15) is 22.4 Å². The molecule has 1 saturated heterocycles. The smallest absolute Gasteiger partial charge is 0.228 e. The monoisotopic (exact) mass is 376 g/mol. The molecule has 0 bridgehead atoms. The lowest BCUT2D eigenvalue weighted by Crippen LogP contribution is -2.47. The van der Waals surface area contributed by atoms with Gasteiger partial charge in [-0.15, -0.1) is 0 Å². The van der Waals surface area contributed by atoms with E-state index in [1.807, 2.05) is 11.1 Å². The van der Waals surface area contributed by atoms with Crippen molar-refractivity contribution < 1.29 is 4.79 Å². The Bertz CT molecular complexity index is 1030. The van der Waals surface area contributed by atoms with Crippen molar-refractivity contribution in [2.45, 2.75) is 27.2 Å². The van der Waals surface area contributed by atoms with E-state index in [9.17, 15) is 4.79 Å². The van der Waals surface area contributed by atoms with E-state index < -0.39 is 0 Å². The number of aryl methyl sites for hydroxylation is 3. The van der Waals surface area contributed by atoms with Gasteiger partial charge in [0.15, 0.2) is 0 Å². The predicted octanol–water partition coefficient (Wildman–Crippen LogP) is 3.24. The molecule has 2 aromatic heterocycles. The zero-order valence-corrected chi connectivity index (χ0v) is 17.2. The van der Waals surface area contributed by atoms with E-state index >= 15 is 0 Å². The van der Waals surface area contributed by atoms with Gasteiger partial charge >= 0.3 is 0 Å². The van der Waals surface area contributed by atoms with Gasteiger partial charge in [0.1, 0.15) is 5.65 Å². The first-order chi connectivity index (χ1) is 13.4. The Kier molecular flexibility index (Phi) is 4.94. The van der Waals surface area contributed by atoms with Crippen LogP contribution >= 0.6 is 0 Å². The van der Waals surface area contributed by atoms with Gasteiger partial charge in [-0.1, -0.05) is 12.1 Å². The Morgan fingerprint density at radius 3 is 2.46 bits per heavy atom. The number of fused-ring (bicyclic) bond motifs is 1. The van der Waals surface area contributed by atoms with Gasteiger partial charge in [-0.3, -0.25) is 4.79 Å². The molecule has 28 heavy (non-hydrogen) atoms. The molecule has 5 heteroatoms. The summed E-state index contributed by atoms with van der Waals surface area (Å²) in [5.74, 6) is 0.181. The summed E-state index contributed by atoms with van der Waals surface area (Å²) in [5, 5.41) is 0. The topological polar surface area (TPSA) is 40.9 Å². The van der Waals surface area contributed by atoms with Crippen LogP contribution in [-0.4, -0.2) is 58.3 Å². The van der Waals surface area contributed by atoms with E-state index in [1.165, 1.54) is 16.7 Å². The molecule has 0 N–H and O–H groups in total. The number of aromatic nitrogens is 2. The van der Waals surface area contributed by atoms with Crippen LogP contribution in [0.25, 0.3) is 16.9 Å². The molecular weight excluding hydrogens is 348 g/mol. The number of carbonyl (C=O) groups is 1. The average Bonchev–Trinajstić information content (AvgIpc) is 3.02. The third kappa shape index (κ3) is 3.54. The van der Waals surface area contributed by atoms with E-state index in [0.717, 1.165) is 48.8 Å². The SMILES string of the molecule is Cc1ccn2c(CC(=O)N3CCN(C)CC3)c(-c3ccc(C)c(C)c3)nc2c1. The minimum atomic E-state index is 0.181. The number of benzene rings is 1. The van der Waals surface area contributed by atoms with Gasteiger partial charge in [0, 0.05) is 37.9 Å². The van der Waals surface area contributed by atoms with Crippen LogP contribution in [0.5, 0.6) is 0 Å². The maximum atomic E-state index is 13.1. The highest BCUT2D eigenvalue weighted by molar-refractivity contribution is 5.82. The zero-order chi connectivity index (χ0) is 19.8. The lowest BCUT2D eigenvalue weighted by Gasteiger charge is -2.32. The van der Waals surface area contributed by atoms with E-state index in [2.05, 4.69) is 67.5 Å². The first-order valence-electron chi connectivity index (χ1n) is 9.94. The quantitative estimate of drug-likeness (QED) is 0.705. The Labute approximate surface area is 166 Å². The summed E-state index contributed by atoms with van der Waals surface area (Å²) < 4.78 is 2.07. The fourth-order valence-corrected chi connectivity index (χ4v) is 3.80. The Hall–Kier alpha value is -2.66. The number of likely N-dealkylation sites (N-methyl/N-ethyl adjacent to an activating group) is 1. The van der Waals surface area contributed by atoms with Crippen LogP contribution in [0.2, 0.25) is 0 Å². The normalized spacial score (nSPS) is 15.4. The molecule has 1 fully saturated rings. The highest BCUT2D eigenvalue weighted by Crippen LogP contribution is 2.27. The average molecular weight is 377 g/mol. The van der Waals surface area contributed by atoms with Gasteiger partial charge in [-0.25, -0.2) is 4.98 Å². The van der Waals surface area contributed by atoms with Crippen molar-refractivity contribution in [3.05, 3.63) is 58.9 Å². The van der Waals surface area contributed by atoms with Gasteiger partial charge in [0.05, 0.1) is 17.8 Å². The molecule has 0 atom stereocenters. The van der Waals surface area contributed by atoms with Gasteiger partial charge in [0.2, 0.25) is 5.91 Å². The fourth-order valence-electron chi connectivity index (χ4n) is 3.80. The second-order valence-corrected chi connectivity index (χ2v) is 8.00. The Morgan fingerprint density at radius 2 is 1.75 bits per heavy atom. The van der Waals surface area contributed by atoms with Crippen LogP contribution in [0.4, 0.5) is 0 Å². The fraction of sp³-hybridized carbons (Fsp3) is 0.391. The van der Waals surface area contributed by atoms with Crippen molar-refractivity contribution in [3.8, 4) is 11.3 Å². The molecule has 0 spiro atoms. The van der Waals surface area contributed by atoms with E-state index in [4.69, 9.17) is 4.98 Å². The molecule has 1 amide bonds. The van der Waals surface area contributed by atoms with Crippen LogP contribution in [0.3, 0.4) is 0 Å². The largest absolute Gasteiger partial charge is 0.340 e. The van der Waals surface area contributed by atoms with Crippen LogP contribution < -0.4 is 0 Å². The molecule has 3 heterocycles. The zero-order valence-electron chi connectivity index (χ0n) is 17.2. The predicted molar refractivity (Wildman–Crippen MR) is 113 cm³/mol. The van der Waals surface area contributed by atoms with Gasteiger partial charge in [0.25, 0.3) is 0 Å². The minimum Gasteiger partial charge on any atom is -0.340 e. The summed E-state index contributed by atoms with van der Waals surface area (Å²) in [6.45, 7) is 9.76. The lowest BCUT2D eigenvalue weighted by molar-refractivity contribution is -0.132. The van der Waals surface area contributed by atoms with Crippen molar-refractivity contribution >= 4 is 11.6 Å². The lowest BCUT2D eigenvalue weighted by atomic mass is 10.0. The van der Waals surface area contributed by atoms with E-state index in [-0.39, 0.29) is 5.91 Å². The molecule has 0 saturated carbocycles. The number of hydrogen-bond donors (Lipinski definition) is 0. The Morgan fingerprint density at radius 1 is 1.00 bits per heavy atom. The standard InChI is InChI=1S/C23H28N4O/c1-16-7-8-27-20(15-22(28)26-11-9-25(4)10-12-26)23(24-21(27)13-16)19-6-5-17(2)18(3)14-19/h5-8,13-14H,9-12,15H2,1-4H3. The highest BCUT2D eigenvalue weighted by atomic mass is 16.2. The van der Waals surface area contributed by atoms with Crippen molar-refractivity contribution in [1.29, 1.82) is 0 Å². The van der Waals surface area contributed by atoms with Crippen LogP contribution in [0, 0.1) is 20.8 Å². The van der Waals surface area contributed by atoms with E-state index in [1.54, 1.807) is 0 Å². The molecule has 0 radical (unpaired) electrons. The first-order valence-corrected chi connectivity index (χ1v) is 9.94. The second-order valence-electron chi connectivity index (χ2n) is 8.00. The Balaban J connectivity index is 1.74. The summed E-state index contributed by atoms with van der Waals surface area (Å²) in [4.78, 5) is 22.2. The summed E-state index contributed by atoms with van der Waals surface area (Å²) in [5.41, 5.74) is 7.53. The molecule has 0 unspecified atom stereocenters. The molecule has 1 aromatic carbocycles. The summed E-state index contributed by atoms with van der Waals surface area (Å²) in [6.07, 6.45) is 2.41. The molecule has 146 valence electrons. The molecular formula is C23H28N4O. The molecule has 5 nitrogen and oxygen atoms in total. The third-order valence-electron chi connectivity index (χ3n) is 5.84. The van der Waals surface area contributed by atoms with Gasteiger partial charge in [-0.05, 0) is 62.7 Å². The maximum Gasteiger partial charge on any atom is 0.228 e. The van der Waals surface area contributed by atoms with Crippen molar-refractivity contribution in [2.75, 3.05) is 33.2 Å². The minimum absolute atomic E-state index is 0.181. The van der Waals surface area contributed by atoms with Crippen molar-refractivity contribution in [1.82, 2.24) is 19.2 Å². The summed E-state index contributed by atoms with van der Waals surface area (Å²) in [6, 6.07) is 10.6. The van der Waals surface area contributed by atoms with Crippen LogP contribution in [0.15, 0.2) is 36.5 Å². The summed E-state index contributed by atoms with van der Waals surface area (Å²) in [7, 11) is 2.10. The van der Waals surface area contributed by atoms with E-state index in [0.29, 0.717) is 6.42 Å². The second kappa shape index (κ2) is 7.40. The highest BCUT2D eigenvalue weighted by Gasteiger charge is 2.23. The van der Waals surface area contributed by atoms with Crippen molar-refractivity contribution in [2.24, 2.45) is 0 Å². The number of rotatable bonds is 3. The maximum absolute atomic E-state index is 13.1. The molecule has 1 aliphatic rings. The van der Waals surface area contributed by atoms with Gasteiger partial charge in [-0.2, -0.15) is 0 Å². The van der Waals surface area contributed by atoms with Crippen molar-refractivity contribution in [3.63, 3.8) is 0 Å². The molecule has 1 aliphatic heterocycles. The number of piperazine rings is 1. The number of amides is 1. The molecule has 0 aliphatic carbocycles. The molecule has 4 rings (SSSR count). The number of nitrogens with zero attached hydrogens (tertiary/aromatic N) is 4. The number of imidazole rings is 1. The third-order valence-corrected chi connectivity index (χ3v) is 5.84. The molecule has 3 aromatic rings. The number of pyridine rings is 1. The first kappa shape index (κ1) is 18.7. The van der Waals surface area contributed by atoms with Crippen LogP contribution in [-0.2, 0) is 11.2 Å².